The number of benzene rings is 4. The standard InChI is InChI=1S/C32H27FN6/c33-25-14-15-27-29(20-25)35-31(23-6-2-1-3-7-23)32(34-27)24-12-10-22(11-13-24)21-38-18-16-26(17-19-38)39-30-9-5-4-8-28(30)36-37-39/h1-15,20,26H,16-19,21H2. The number of aromatic nitrogens is 5. The van der Waals surface area contributed by atoms with Crippen LogP contribution in [0.4, 0.5) is 4.39 Å². The maximum atomic E-state index is 13.9. The second-order valence-electron chi connectivity index (χ2n) is 10.1. The predicted octanol–water partition coefficient (Wildman–Crippen LogP) is 6.68. The van der Waals surface area contributed by atoms with Gasteiger partial charge in [-0.25, -0.2) is 19.0 Å². The molecule has 0 bridgehead atoms. The Morgan fingerprint density at radius 2 is 1.38 bits per heavy atom. The molecule has 6 nitrogen and oxygen atoms in total. The lowest BCUT2D eigenvalue weighted by Crippen LogP contribution is -2.34. The molecule has 1 saturated heterocycles. The molecule has 7 heteroatoms. The normalized spacial score (nSPS) is 14.8. The molecular weight excluding hydrogens is 487 g/mol. The molecular formula is C32H27FN6. The second kappa shape index (κ2) is 10.0. The van der Waals surface area contributed by atoms with Crippen molar-refractivity contribution in [2.24, 2.45) is 0 Å². The summed E-state index contributed by atoms with van der Waals surface area (Å²) < 4.78 is 16.0. The van der Waals surface area contributed by atoms with E-state index in [2.05, 4.69) is 50.2 Å². The van der Waals surface area contributed by atoms with Crippen LogP contribution in [0.3, 0.4) is 0 Å². The van der Waals surface area contributed by atoms with E-state index in [0.717, 1.165) is 66.0 Å². The van der Waals surface area contributed by atoms with Crippen LogP contribution in [0.2, 0.25) is 0 Å². The molecule has 39 heavy (non-hydrogen) atoms. The Bertz CT molecular complexity index is 1760. The number of fused-ring (bicyclic) bond motifs is 2. The maximum Gasteiger partial charge on any atom is 0.125 e. The fourth-order valence-corrected chi connectivity index (χ4v) is 5.53. The van der Waals surface area contributed by atoms with Gasteiger partial charge in [-0.1, -0.05) is 71.9 Å². The summed E-state index contributed by atoms with van der Waals surface area (Å²) in [6.45, 7) is 2.94. The molecule has 0 unspecified atom stereocenters. The number of hydrogen-bond acceptors (Lipinski definition) is 5. The molecule has 192 valence electrons. The van der Waals surface area contributed by atoms with E-state index in [1.54, 1.807) is 6.07 Å². The number of halogens is 1. The Labute approximate surface area is 225 Å². The minimum Gasteiger partial charge on any atom is -0.299 e. The monoisotopic (exact) mass is 514 g/mol. The molecule has 4 aromatic carbocycles. The molecule has 0 atom stereocenters. The highest BCUT2D eigenvalue weighted by atomic mass is 19.1. The summed E-state index contributed by atoms with van der Waals surface area (Å²) in [5.74, 6) is -0.313. The third-order valence-electron chi connectivity index (χ3n) is 7.59. The average molecular weight is 515 g/mol. The molecule has 0 saturated carbocycles. The Morgan fingerprint density at radius 3 is 2.18 bits per heavy atom. The maximum absolute atomic E-state index is 13.9. The highest BCUT2D eigenvalue weighted by Gasteiger charge is 2.23. The minimum absolute atomic E-state index is 0.313. The molecule has 1 fully saturated rings. The highest BCUT2D eigenvalue weighted by Crippen LogP contribution is 2.32. The van der Waals surface area contributed by atoms with Crippen LogP contribution < -0.4 is 0 Å². The van der Waals surface area contributed by atoms with Crippen LogP contribution >= 0.6 is 0 Å². The Hall–Kier alpha value is -4.49. The highest BCUT2D eigenvalue weighted by molar-refractivity contribution is 5.86. The van der Waals surface area contributed by atoms with Gasteiger partial charge in [-0.3, -0.25) is 4.90 Å². The van der Waals surface area contributed by atoms with Crippen LogP contribution in [0, 0.1) is 5.82 Å². The number of likely N-dealkylation sites (tertiary alicyclic amines) is 1. The lowest BCUT2D eigenvalue weighted by molar-refractivity contribution is 0.174. The van der Waals surface area contributed by atoms with Crippen molar-refractivity contribution in [2.45, 2.75) is 25.4 Å². The van der Waals surface area contributed by atoms with Gasteiger partial charge in [0, 0.05) is 36.8 Å². The van der Waals surface area contributed by atoms with Crippen LogP contribution in [0.1, 0.15) is 24.4 Å². The van der Waals surface area contributed by atoms with Crippen molar-refractivity contribution in [1.82, 2.24) is 29.9 Å². The van der Waals surface area contributed by atoms with E-state index in [0.29, 0.717) is 17.1 Å². The first-order valence-corrected chi connectivity index (χ1v) is 13.4. The number of piperidine rings is 1. The van der Waals surface area contributed by atoms with Crippen LogP contribution in [-0.2, 0) is 6.54 Å². The van der Waals surface area contributed by atoms with Gasteiger partial charge in [-0.05, 0) is 42.7 Å². The zero-order chi connectivity index (χ0) is 26.2. The van der Waals surface area contributed by atoms with Crippen molar-refractivity contribution < 1.29 is 4.39 Å². The van der Waals surface area contributed by atoms with Gasteiger partial charge in [0.1, 0.15) is 11.3 Å². The van der Waals surface area contributed by atoms with E-state index in [4.69, 9.17) is 9.97 Å². The molecule has 0 N–H and O–H groups in total. The SMILES string of the molecule is Fc1ccc2nc(-c3ccc(CN4CCC(n5nnc6ccccc65)CC4)cc3)c(-c3ccccc3)nc2c1. The molecule has 1 aliphatic heterocycles. The number of para-hydroxylation sites is 1. The van der Waals surface area contributed by atoms with E-state index in [1.807, 2.05) is 48.5 Å². The van der Waals surface area contributed by atoms with Crippen molar-refractivity contribution >= 4 is 22.1 Å². The summed E-state index contributed by atoms with van der Waals surface area (Å²) in [6.07, 6.45) is 2.11. The summed E-state index contributed by atoms with van der Waals surface area (Å²) in [7, 11) is 0. The van der Waals surface area contributed by atoms with Crippen molar-refractivity contribution in [2.75, 3.05) is 13.1 Å². The molecule has 2 aromatic heterocycles. The van der Waals surface area contributed by atoms with Gasteiger partial charge in [0.05, 0.1) is 34.0 Å². The van der Waals surface area contributed by atoms with E-state index < -0.39 is 0 Å². The molecule has 0 spiro atoms. The van der Waals surface area contributed by atoms with Crippen molar-refractivity contribution in [3.05, 3.63) is 108 Å². The summed E-state index contributed by atoms with van der Waals surface area (Å²) in [6, 6.07) is 31.7. The Balaban J connectivity index is 1.10. The molecule has 0 amide bonds. The summed E-state index contributed by atoms with van der Waals surface area (Å²) >= 11 is 0. The lowest BCUT2D eigenvalue weighted by Gasteiger charge is -2.32. The van der Waals surface area contributed by atoms with Crippen molar-refractivity contribution in [1.29, 1.82) is 0 Å². The van der Waals surface area contributed by atoms with Gasteiger partial charge in [-0.2, -0.15) is 0 Å². The summed E-state index contributed by atoms with van der Waals surface area (Å²) in [5.41, 5.74) is 8.07. The third-order valence-corrected chi connectivity index (χ3v) is 7.59. The van der Waals surface area contributed by atoms with Crippen molar-refractivity contribution in [3.8, 4) is 22.5 Å². The first kappa shape index (κ1) is 23.6. The van der Waals surface area contributed by atoms with Crippen LogP contribution in [0.15, 0.2) is 97.1 Å². The van der Waals surface area contributed by atoms with Gasteiger partial charge < -0.3 is 0 Å². The average Bonchev–Trinajstić information content (AvgIpc) is 3.42. The zero-order valence-corrected chi connectivity index (χ0v) is 21.4. The third kappa shape index (κ3) is 4.66. The van der Waals surface area contributed by atoms with Crippen LogP contribution in [0.5, 0.6) is 0 Å². The van der Waals surface area contributed by atoms with E-state index in [-0.39, 0.29) is 5.82 Å². The van der Waals surface area contributed by atoms with Crippen molar-refractivity contribution in [3.63, 3.8) is 0 Å². The Kier molecular flexibility index (Phi) is 6.06. The molecule has 1 aliphatic rings. The Morgan fingerprint density at radius 1 is 0.692 bits per heavy atom. The smallest absolute Gasteiger partial charge is 0.125 e. The molecule has 6 aromatic rings. The fraction of sp³-hybridized carbons (Fsp3) is 0.188. The predicted molar refractivity (Wildman–Crippen MR) is 151 cm³/mol. The molecule has 7 rings (SSSR count). The van der Waals surface area contributed by atoms with E-state index >= 15 is 0 Å². The molecule has 0 radical (unpaired) electrons. The summed E-state index contributed by atoms with van der Waals surface area (Å²) in [5, 5.41) is 8.77. The number of rotatable bonds is 5. The number of hydrogen-bond donors (Lipinski definition) is 0. The van der Waals surface area contributed by atoms with Gasteiger partial charge in [-0.15, -0.1) is 5.10 Å². The quantitative estimate of drug-likeness (QED) is 0.257. The second-order valence-corrected chi connectivity index (χ2v) is 10.1. The minimum atomic E-state index is -0.313. The van der Waals surface area contributed by atoms with Gasteiger partial charge in [0.25, 0.3) is 0 Å². The van der Waals surface area contributed by atoms with Gasteiger partial charge in [0.15, 0.2) is 0 Å². The zero-order valence-electron chi connectivity index (χ0n) is 21.4. The largest absolute Gasteiger partial charge is 0.299 e. The van der Waals surface area contributed by atoms with Crippen LogP contribution in [-0.4, -0.2) is 43.0 Å². The lowest BCUT2D eigenvalue weighted by atomic mass is 10.0. The summed E-state index contributed by atoms with van der Waals surface area (Å²) in [4.78, 5) is 12.2. The molecule has 3 heterocycles. The van der Waals surface area contributed by atoms with E-state index in [9.17, 15) is 4.39 Å². The molecule has 0 aliphatic carbocycles. The number of nitrogens with zero attached hydrogens (tertiary/aromatic N) is 6. The fourth-order valence-electron chi connectivity index (χ4n) is 5.53. The topological polar surface area (TPSA) is 59.7 Å². The van der Waals surface area contributed by atoms with Gasteiger partial charge in [0.2, 0.25) is 0 Å². The van der Waals surface area contributed by atoms with E-state index in [1.165, 1.54) is 17.7 Å². The van der Waals surface area contributed by atoms with Gasteiger partial charge >= 0.3 is 0 Å². The first-order valence-electron chi connectivity index (χ1n) is 13.4. The first-order chi connectivity index (χ1) is 19.2. The van der Waals surface area contributed by atoms with Crippen LogP contribution in [0.25, 0.3) is 44.6 Å².